The van der Waals surface area contributed by atoms with Crippen LogP contribution in [0.3, 0.4) is 0 Å². The second kappa shape index (κ2) is 8.99. The van der Waals surface area contributed by atoms with Gasteiger partial charge in [-0.05, 0) is 47.5 Å². The molecule has 0 saturated heterocycles. The van der Waals surface area contributed by atoms with Crippen LogP contribution in [0.25, 0.3) is 22.4 Å². The standard InChI is InChI=1S/C23H18ClFN4O2/c24-16-9-10-19(25)18(11-16)15-7-5-14(6-8-15)13-26-29-23(31)21-12-20(27-28-21)17-3-1-2-4-22(17)30/h1-12,26,30H,13H2,(H,27,28)(H,29,31). The van der Waals surface area contributed by atoms with Crippen molar-refractivity contribution in [2.75, 3.05) is 0 Å². The van der Waals surface area contributed by atoms with E-state index >= 15 is 0 Å². The molecular weight excluding hydrogens is 419 g/mol. The van der Waals surface area contributed by atoms with Gasteiger partial charge in [0.1, 0.15) is 17.3 Å². The quantitative estimate of drug-likeness (QED) is 0.330. The maximum atomic E-state index is 14.0. The first-order chi connectivity index (χ1) is 15.0. The maximum Gasteiger partial charge on any atom is 0.283 e. The summed E-state index contributed by atoms with van der Waals surface area (Å²) in [4.78, 5) is 12.3. The molecule has 6 nitrogen and oxygen atoms in total. The molecule has 0 aliphatic carbocycles. The van der Waals surface area contributed by atoms with E-state index in [2.05, 4.69) is 21.0 Å². The van der Waals surface area contributed by atoms with E-state index in [1.807, 2.05) is 12.1 Å². The Hall–Kier alpha value is -3.68. The molecule has 0 radical (unpaired) electrons. The fraction of sp³-hybridized carbons (Fsp3) is 0.0435. The van der Waals surface area contributed by atoms with Crippen molar-refractivity contribution in [3.05, 3.63) is 94.9 Å². The molecule has 0 unspecified atom stereocenters. The highest BCUT2D eigenvalue weighted by Gasteiger charge is 2.13. The van der Waals surface area contributed by atoms with Crippen LogP contribution in [0, 0.1) is 5.82 Å². The van der Waals surface area contributed by atoms with E-state index in [-0.39, 0.29) is 17.3 Å². The SMILES string of the molecule is O=C(NNCc1ccc(-c2cc(Cl)ccc2F)cc1)c1cc(-c2ccccc2O)n[nH]1. The number of hydrogen-bond acceptors (Lipinski definition) is 4. The second-order valence-corrected chi connectivity index (χ2v) is 7.25. The van der Waals surface area contributed by atoms with Crippen molar-refractivity contribution in [1.82, 2.24) is 21.0 Å². The molecule has 1 heterocycles. The lowest BCUT2D eigenvalue weighted by molar-refractivity contribution is 0.0927. The van der Waals surface area contributed by atoms with Crippen LogP contribution in [0.4, 0.5) is 4.39 Å². The molecule has 0 aliphatic heterocycles. The second-order valence-electron chi connectivity index (χ2n) is 6.81. The minimum Gasteiger partial charge on any atom is -0.507 e. The molecule has 4 N–H and O–H groups in total. The third-order valence-corrected chi connectivity index (χ3v) is 4.93. The van der Waals surface area contributed by atoms with E-state index in [1.165, 1.54) is 12.1 Å². The first-order valence-corrected chi connectivity index (χ1v) is 9.80. The van der Waals surface area contributed by atoms with Gasteiger partial charge in [0.25, 0.3) is 5.91 Å². The molecule has 156 valence electrons. The number of nitrogens with one attached hydrogen (secondary N) is 3. The van der Waals surface area contributed by atoms with Crippen molar-refractivity contribution in [3.8, 4) is 28.1 Å². The highest BCUT2D eigenvalue weighted by molar-refractivity contribution is 6.30. The van der Waals surface area contributed by atoms with E-state index in [1.54, 1.807) is 48.5 Å². The van der Waals surface area contributed by atoms with E-state index in [4.69, 9.17) is 11.6 Å². The number of carbonyl (C=O) groups is 1. The minimum atomic E-state index is -0.396. The number of aromatic amines is 1. The minimum absolute atomic E-state index is 0.0835. The van der Waals surface area contributed by atoms with Crippen LogP contribution >= 0.6 is 11.6 Å². The summed E-state index contributed by atoms with van der Waals surface area (Å²) in [6.45, 7) is 0.366. The monoisotopic (exact) mass is 436 g/mol. The fourth-order valence-electron chi connectivity index (χ4n) is 3.08. The van der Waals surface area contributed by atoms with E-state index in [9.17, 15) is 14.3 Å². The van der Waals surface area contributed by atoms with Crippen LogP contribution in [0.5, 0.6) is 5.75 Å². The van der Waals surface area contributed by atoms with Crippen LogP contribution < -0.4 is 10.9 Å². The molecule has 0 saturated carbocycles. The number of halogens is 2. The van der Waals surface area contributed by atoms with E-state index in [0.717, 1.165) is 5.56 Å². The number of rotatable bonds is 6. The lowest BCUT2D eigenvalue weighted by Gasteiger charge is -2.08. The van der Waals surface area contributed by atoms with Crippen molar-refractivity contribution in [2.24, 2.45) is 0 Å². The number of H-pyrrole nitrogens is 1. The zero-order chi connectivity index (χ0) is 21.8. The zero-order valence-electron chi connectivity index (χ0n) is 16.2. The van der Waals surface area contributed by atoms with Gasteiger partial charge in [0, 0.05) is 22.7 Å². The number of hydrazine groups is 1. The molecule has 0 fully saturated rings. The van der Waals surface area contributed by atoms with Crippen LogP contribution in [0.2, 0.25) is 5.02 Å². The van der Waals surface area contributed by atoms with Gasteiger partial charge in [0.2, 0.25) is 0 Å². The summed E-state index contributed by atoms with van der Waals surface area (Å²) in [5.74, 6) is -0.655. The smallest absolute Gasteiger partial charge is 0.283 e. The number of amides is 1. The third kappa shape index (κ3) is 4.74. The van der Waals surface area contributed by atoms with E-state index < -0.39 is 5.91 Å². The number of phenolic OH excluding ortho intramolecular Hbond substituents is 1. The topological polar surface area (TPSA) is 90.0 Å². The van der Waals surface area contributed by atoms with Gasteiger partial charge in [0.15, 0.2) is 0 Å². The average molecular weight is 437 g/mol. The van der Waals surface area contributed by atoms with Gasteiger partial charge in [-0.3, -0.25) is 15.3 Å². The van der Waals surface area contributed by atoms with Crippen LogP contribution in [-0.2, 0) is 6.54 Å². The first-order valence-electron chi connectivity index (χ1n) is 9.42. The average Bonchev–Trinajstić information content (AvgIpc) is 3.26. The van der Waals surface area contributed by atoms with Gasteiger partial charge < -0.3 is 5.11 Å². The molecule has 1 amide bonds. The summed E-state index contributed by atoms with van der Waals surface area (Å²) in [5, 5.41) is 17.1. The van der Waals surface area contributed by atoms with Crippen molar-refractivity contribution in [3.63, 3.8) is 0 Å². The maximum absolute atomic E-state index is 14.0. The molecule has 4 aromatic rings. The van der Waals surface area contributed by atoms with Crippen molar-refractivity contribution in [1.29, 1.82) is 0 Å². The Kier molecular flexibility index (Phi) is 5.97. The van der Waals surface area contributed by atoms with Gasteiger partial charge in [-0.2, -0.15) is 5.10 Å². The predicted molar refractivity (Wildman–Crippen MR) is 117 cm³/mol. The Morgan fingerprint density at radius 2 is 1.81 bits per heavy atom. The summed E-state index contributed by atoms with van der Waals surface area (Å²) in [6, 6.07) is 20.0. The number of nitrogens with zero attached hydrogens (tertiary/aromatic N) is 1. The van der Waals surface area contributed by atoms with Crippen LogP contribution in [0.15, 0.2) is 72.8 Å². The normalized spacial score (nSPS) is 10.8. The lowest BCUT2D eigenvalue weighted by atomic mass is 10.0. The van der Waals surface area contributed by atoms with Crippen LogP contribution in [0.1, 0.15) is 16.1 Å². The number of carbonyl (C=O) groups excluding carboxylic acids is 1. The number of aromatic nitrogens is 2. The summed E-state index contributed by atoms with van der Waals surface area (Å²) in [5.41, 5.74) is 8.71. The van der Waals surface area contributed by atoms with Crippen molar-refractivity contribution >= 4 is 17.5 Å². The molecule has 8 heteroatoms. The van der Waals surface area contributed by atoms with Crippen molar-refractivity contribution < 1.29 is 14.3 Å². The molecule has 4 rings (SSSR count). The fourth-order valence-corrected chi connectivity index (χ4v) is 3.25. The zero-order valence-corrected chi connectivity index (χ0v) is 16.9. The molecule has 1 aromatic heterocycles. The molecule has 0 atom stereocenters. The number of hydrogen-bond donors (Lipinski definition) is 4. The Morgan fingerprint density at radius 3 is 2.58 bits per heavy atom. The Morgan fingerprint density at radius 1 is 1.03 bits per heavy atom. The van der Waals surface area contributed by atoms with Crippen molar-refractivity contribution in [2.45, 2.75) is 6.54 Å². The summed E-state index contributed by atoms with van der Waals surface area (Å²) < 4.78 is 14.0. The van der Waals surface area contributed by atoms with Gasteiger partial charge in [-0.25, -0.2) is 9.82 Å². The van der Waals surface area contributed by atoms with Crippen LogP contribution in [-0.4, -0.2) is 21.2 Å². The molecule has 31 heavy (non-hydrogen) atoms. The number of phenols is 1. The van der Waals surface area contributed by atoms with Gasteiger partial charge in [-0.1, -0.05) is 48.0 Å². The number of benzene rings is 3. The summed E-state index contributed by atoms with van der Waals surface area (Å²) in [7, 11) is 0. The number of aromatic hydroxyl groups is 1. The Bertz CT molecular complexity index is 1220. The summed E-state index contributed by atoms with van der Waals surface area (Å²) in [6.07, 6.45) is 0. The van der Waals surface area contributed by atoms with Gasteiger partial charge in [-0.15, -0.1) is 0 Å². The largest absolute Gasteiger partial charge is 0.507 e. The van der Waals surface area contributed by atoms with Gasteiger partial charge >= 0.3 is 0 Å². The Labute approximate surface area is 182 Å². The molecule has 0 aliphatic rings. The first kappa shape index (κ1) is 20.6. The lowest BCUT2D eigenvalue weighted by Crippen LogP contribution is -2.37. The Balaban J connectivity index is 1.35. The van der Waals surface area contributed by atoms with E-state index in [0.29, 0.717) is 34.0 Å². The predicted octanol–water partition coefficient (Wildman–Crippen LogP) is 4.68. The highest BCUT2D eigenvalue weighted by Crippen LogP contribution is 2.27. The third-order valence-electron chi connectivity index (χ3n) is 4.69. The van der Waals surface area contributed by atoms with Gasteiger partial charge in [0.05, 0.1) is 5.69 Å². The summed E-state index contributed by atoms with van der Waals surface area (Å²) >= 11 is 5.95. The highest BCUT2D eigenvalue weighted by atomic mass is 35.5. The molecule has 0 bridgehead atoms. The molecule has 0 spiro atoms. The molecular formula is C23H18ClFN4O2. The molecule has 3 aromatic carbocycles. The number of para-hydroxylation sites is 1.